The molecule has 0 N–H and O–H groups in total. The minimum Gasteiger partial charge on any atom is -0.336 e. The Hall–Kier alpha value is -1.87. The van der Waals surface area contributed by atoms with Crippen LogP contribution in [-0.2, 0) is 0 Å². The number of hydrogen-bond acceptors (Lipinski definition) is 2. The van der Waals surface area contributed by atoms with Gasteiger partial charge in [-0.15, -0.1) is 0 Å². The lowest BCUT2D eigenvalue weighted by Gasteiger charge is -2.08. The number of rotatable bonds is 2. The van der Waals surface area contributed by atoms with Gasteiger partial charge in [-0.1, -0.05) is 18.2 Å². The van der Waals surface area contributed by atoms with Crippen molar-refractivity contribution in [2.45, 2.75) is 18.9 Å². The van der Waals surface area contributed by atoms with Gasteiger partial charge >= 0.3 is 0 Å². The molecule has 1 fully saturated rings. The Balaban J connectivity index is 2.00. The molecule has 0 bridgehead atoms. The van der Waals surface area contributed by atoms with Crippen molar-refractivity contribution in [2.24, 2.45) is 0 Å². The monoisotopic (exact) mass is 269 g/mol. The zero-order valence-electron chi connectivity index (χ0n) is 10.3. The molecular weight excluding hydrogens is 258 g/mol. The second-order valence-corrected chi connectivity index (χ2v) is 5.24. The number of nitrogens with zero attached hydrogens (tertiary/aromatic N) is 3. The molecule has 0 aliphatic heterocycles. The summed E-state index contributed by atoms with van der Waals surface area (Å²) in [6, 6.07) is 13.2. The van der Waals surface area contributed by atoms with Gasteiger partial charge in [-0.05, 0) is 42.6 Å². The fraction of sp³-hybridized carbons (Fsp3) is 0.200. The molecule has 4 rings (SSSR count). The largest absolute Gasteiger partial charge is 0.336 e. The number of fused-ring (bicyclic) bond motifs is 1. The standard InChI is InChI=1S/C15H12ClN3/c16-15-17-8-7-12(18-15)14-9-10-3-1-2-4-13(10)19(14)11-5-6-11/h1-4,7-9,11H,5-6H2. The zero-order valence-corrected chi connectivity index (χ0v) is 11.0. The van der Waals surface area contributed by atoms with Crippen LogP contribution >= 0.6 is 11.6 Å². The van der Waals surface area contributed by atoms with Crippen molar-refractivity contribution in [3.8, 4) is 11.4 Å². The van der Waals surface area contributed by atoms with E-state index >= 15 is 0 Å². The maximum Gasteiger partial charge on any atom is 0.222 e. The van der Waals surface area contributed by atoms with Crippen molar-refractivity contribution in [3.63, 3.8) is 0 Å². The minimum absolute atomic E-state index is 0.296. The molecule has 3 nitrogen and oxygen atoms in total. The molecule has 2 aromatic heterocycles. The van der Waals surface area contributed by atoms with Gasteiger partial charge in [0, 0.05) is 23.1 Å². The lowest BCUT2D eigenvalue weighted by atomic mass is 10.2. The van der Waals surface area contributed by atoms with E-state index in [2.05, 4.69) is 44.9 Å². The lowest BCUT2D eigenvalue weighted by Crippen LogP contribution is -1.98. The number of halogens is 1. The summed E-state index contributed by atoms with van der Waals surface area (Å²) < 4.78 is 2.38. The number of aromatic nitrogens is 3. The number of para-hydroxylation sites is 1. The van der Waals surface area contributed by atoms with E-state index in [1.807, 2.05) is 6.07 Å². The highest BCUT2D eigenvalue weighted by Crippen LogP contribution is 2.42. The van der Waals surface area contributed by atoms with Crippen molar-refractivity contribution in [1.29, 1.82) is 0 Å². The molecule has 0 unspecified atom stereocenters. The SMILES string of the molecule is Clc1nccc(-c2cc3ccccc3n2C2CC2)n1. The van der Waals surface area contributed by atoms with Crippen LogP contribution in [0.15, 0.2) is 42.6 Å². The van der Waals surface area contributed by atoms with Crippen LogP contribution in [0, 0.1) is 0 Å². The van der Waals surface area contributed by atoms with Gasteiger partial charge in [-0.2, -0.15) is 0 Å². The first-order valence-electron chi connectivity index (χ1n) is 6.42. The van der Waals surface area contributed by atoms with E-state index in [9.17, 15) is 0 Å². The highest BCUT2D eigenvalue weighted by atomic mass is 35.5. The summed E-state index contributed by atoms with van der Waals surface area (Å²) in [6.45, 7) is 0. The topological polar surface area (TPSA) is 30.7 Å². The molecule has 2 heterocycles. The number of benzene rings is 1. The Morgan fingerprint density at radius 3 is 2.79 bits per heavy atom. The molecule has 0 spiro atoms. The Kier molecular flexibility index (Phi) is 2.35. The Morgan fingerprint density at radius 1 is 1.16 bits per heavy atom. The van der Waals surface area contributed by atoms with E-state index in [1.54, 1.807) is 6.20 Å². The smallest absolute Gasteiger partial charge is 0.222 e. The molecule has 0 atom stereocenters. The Morgan fingerprint density at radius 2 is 2.00 bits per heavy atom. The first kappa shape index (κ1) is 11.0. The van der Waals surface area contributed by atoms with E-state index in [1.165, 1.54) is 23.7 Å². The molecule has 1 aliphatic carbocycles. The third-order valence-electron chi connectivity index (χ3n) is 3.55. The molecule has 0 amide bonds. The zero-order chi connectivity index (χ0) is 12.8. The predicted molar refractivity (Wildman–Crippen MR) is 76.2 cm³/mol. The fourth-order valence-electron chi connectivity index (χ4n) is 2.58. The Bertz CT molecular complexity index is 759. The summed E-state index contributed by atoms with van der Waals surface area (Å²) in [5.41, 5.74) is 3.30. The molecule has 1 saturated carbocycles. The van der Waals surface area contributed by atoms with Crippen LogP contribution in [-0.4, -0.2) is 14.5 Å². The van der Waals surface area contributed by atoms with Gasteiger partial charge in [-0.3, -0.25) is 0 Å². The van der Waals surface area contributed by atoms with E-state index in [0.717, 1.165) is 11.4 Å². The van der Waals surface area contributed by atoms with Crippen LogP contribution in [0.5, 0.6) is 0 Å². The third-order valence-corrected chi connectivity index (χ3v) is 3.73. The average molecular weight is 270 g/mol. The van der Waals surface area contributed by atoms with Crippen molar-refractivity contribution < 1.29 is 0 Å². The first-order chi connectivity index (χ1) is 9.33. The van der Waals surface area contributed by atoms with Crippen LogP contribution in [0.3, 0.4) is 0 Å². The quantitative estimate of drug-likeness (QED) is 0.656. The van der Waals surface area contributed by atoms with Gasteiger partial charge in [0.15, 0.2) is 0 Å². The molecule has 0 saturated heterocycles. The second-order valence-electron chi connectivity index (χ2n) is 4.90. The highest BCUT2D eigenvalue weighted by Gasteiger charge is 2.27. The van der Waals surface area contributed by atoms with Crippen LogP contribution in [0.1, 0.15) is 18.9 Å². The van der Waals surface area contributed by atoms with Gasteiger partial charge in [0.2, 0.25) is 5.28 Å². The molecule has 4 heteroatoms. The summed E-state index contributed by atoms with van der Waals surface area (Å²) in [6.07, 6.45) is 4.19. The molecule has 1 aliphatic rings. The summed E-state index contributed by atoms with van der Waals surface area (Å²) in [7, 11) is 0. The van der Waals surface area contributed by atoms with Gasteiger partial charge in [0.05, 0.1) is 11.4 Å². The fourth-order valence-corrected chi connectivity index (χ4v) is 2.72. The van der Waals surface area contributed by atoms with Gasteiger partial charge < -0.3 is 4.57 Å². The lowest BCUT2D eigenvalue weighted by molar-refractivity contribution is 0.781. The van der Waals surface area contributed by atoms with E-state index in [-0.39, 0.29) is 0 Å². The molecule has 0 radical (unpaired) electrons. The third kappa shape index (κ3) is 1.81. The van der Waals surface area contributed by atoms with Crippen LogP contribution in [0.25, 0.3) is 22.3 Å². The molecule has 1 aromatic carbocycles. The van der Waals surface area contributed by atoms with E-state index in [4.69, 9.17) is 11.6 Å². The first-order valence-corrected chi connectivity index (χ1v) is 6.79. The number of hydrogen-bond donors (Lipinski definition) is 0. The summed E-state index contributed by atoms with van der Waals surface area (Å²) in [5, 5.41) is 1.55. The van der Waals surface area contributed by atoms with Gasteiger partial charge in [0.1, 0.15) is 0 Å². The summed E-state index contributed by atoms with van der Waals surface area (Å²) in [5.74, 6) is 0. The van der Waals surface area contributed by atoms with E-state index in [0.29, 0.717) is 11.3 Å². The maximum absolute atomic E-state index is 5.91. The summed E-state index contributed by atoms with van der Waals surface area (Å²) >= 11 is 5.91. The van der Waals surface area contributed by atoms with Crippen LogP contribution in [0.2, 0.25) is 5.28 Å². The molecule has 3 aromatic rings. The summed E-state index contributed by atoms with van der Waals surface area (Å²) in [4.78, 5) is 8.30. The van der Waals surface area contributed by atoms with E-state index < -0.39 is 0 Å². The van der Waals surface area contributed by atoms with Crippen molar-refractivity contribution in [2.75, 3.05) is 0 Å². The van der Waals surface area contributed by atoms with Crippen LogP contribution < -0.4 is 0 Å². The maximum atomic E-state index is 5.91. The van der Waals surface area contributed by atoms with Crippen molar-refractivity contribution in [1.82, 2.24) is 14.5 Å². The molecule has 94 valence electrons. The Labute approximate surface area is 115 Å². The second kappa shape index (κ2) is 4.07. The molecular formula is C15H12ClN3. The van der Waals surface area contributed by atoms with Crippen molar-refractivity contribution >= 4 is 22.5 Å². The highest BCUT2D eigenvalue weighted by molar-refractivity contribution is 6.28. The minimum atomic E-state index is 0.296. The van der Waals surface area contributed by atoms with Crippen molar-refractivity contribution in [3.05, 3.63) is 47.9 Å². The average Bonchev–Trinajstić information content (AvgIpc) is 3.18. The van der Waals surface area contributed by atoms with Crippen LogP contribution in [0.4, 0.5) is 0 Å². The normalized spacial score (nSPS) is 15.0. The van der Waals surface area contributed by atoms with Gasteiger partial charge in [-0.25, -0.2) is 9.97 Å². The van der Waals surface area contributed by atoms with Gasteiger partial charge in [0.25, 0.3) is 0 Å². The molecule has 19 heavy (non-hydrogen) atoms. The predicted octanol–water partition coefficient (Wildman–Crippen LogP) is 4.09.